The van der Waals surface area contributed by atoms with Gasteiger partial charge in [-0.15, -0.1) is 102 Å². The molecular formula is C70H62S9. The van der Waals surface area contributed by atoms with E-state index in [9.17, 15) is 0 Å². The minimum atomic E-state index is -0.382. The predicted molar refractivity (Wildman–Crippen MR) is 360 cm³/mol. The molecule has 79 heavy (non-hydrogen) atoms. The van der Waals surface area contributed by atoms with E-state index in [1.54, 1.807) is 0 Å². The normalized spacial score (nSPS) is 15.5. The third kappa shape index (κ3) is 9.03. The fraction of sp³-hybridized carbons (Fsp3) is 0.257. The molecule has 1 aliphatic heterocycles. The van der Waals surface area contributed by atoms with E-state index in [-0.39, 0.29) is 26.4 Å². The Morgan fingerprint density at radius 2 is 0.620 bits per heavy atom. The lowest BCUT2D eigenvalue weighted by Crippen LogP contribution is -2.22. The molecule has 4 aromatic carbocycles. The van der Waals surface area contributed by atoms with E-state index in [2.05, 4.69) is 240 Å². The third-order valence-corrected chi connectivity index (χ3v) is 28.5. The quantitative estimate of drug-likeness (QED) is 0.146. The highest BCUT2D eigenvalue weighted by Gasteiger charge is 2.50. The van der Waals surface area contributed by atoms with Gasteiger partial charge in [0.2, 0.25) is 0 Å². The number of fused-ring (bicyclic) bond motifs is 2. The molecule has 396 valence electrons. The average Bonchev–Trinajstić information content (AvgIpc) is 2.42. The number of thiophene rings is 8. The first-order valence-corrected chi connectivity index (χ1v) is 34.6. The topological polar surface area (TPSA) is 0 Å². The van der Waals surface area contributed by atoms with Gasteiger partial charge in [-0.1, -0.05) is 107 Å². The van der Waals surface area contributed by atoms with E-state index in [0.717, 1.165) is 6.42 Å². The molecule has 0 bridgehead atoms. The highest BCUT2D eigenvalue weighted by molar-refractivity contribution is 8.01. The Balaban J connectivity index is 0.961. The van der Waals surface area contributed by atoms with Crippen LogP contribution >= 0.6 is 102 Å². The van der Waals surface area contributed by atoms with Gasteiger partial charge in [-0.25, -0.2) is 0 Å². The van der Waals surface area contributed by atoms with E-state index >= 15 is 0 Å². The van der Waals surface area contributed by atoms with Crippen LogP contribution in [0.3, 0.4) is 0 Å². The van der Waals surface area contributed by atoms with Crippen molar-refractivity contribution in [2.75, 3.05) is 0 Å². The van der Waals surface area contributed by atoms with Gasteiger partial charge in [0.1, 0.15) is 0 Å². The van der Waals surface area contributed by atoms with Crippen molar-refractivity contribution in [2.24, 2.45) is 0 Å². The molecule has 0 fully saturated rings. The van der Waals surface area contributed by atoms with Crippen molar-refractivity contribution in [1.82, 2.24) is 0 Å². The zero-order chi connectivity index (χ0) is 54.7. The third-order valence-electron chi connectivity index (χ3n) is 15.7. The molecule has 1 atom stereocenters. The first-order chi connectivity index (χ1) is 37.6. The predicted octanol–water partition coefficient (Wildman–Crippen LogP) is 24.9. The molecule has 0 unspecified atom stereocenters. The van der Waals surface area contributed by atoms with E-state index in [1.165, 1.54) is 143 Å². The molecule has 14 rings (SSSR count). The number of hydrogen-bond donors (Lipinski definition) is 0. The maximum absolute atomic E-state index is 2.58. The van der Waals surface area contributed by atoms with Crippen LogP contribution in [0.5, 0.6) is 0 Å². The number of thioether (sulfide) groups is 1. The number of rotatable bonds is 8. The highest BCUT2D eigenvalue weighted by Crippen LogP contribution is 2.67. The van der Waals surface area contributed by atoms with Crippen LogP contribution < -0.4 is 0 Å². The van der Waals surface area contributed by atoms with Crippen LogP contribution in [0.4, 0.5) is 0 Å². The van der Waals surface area contributed by atoms with Crippen molar-refractivity contribution in [1.29, 1.82) is 0 Å². The van der Waals surface area contributed by atoms with E-state index in [4.69, 9.17) is 0 Å². The van der Waals surface area contributed by atoms with Gasteiger partial charge in [0, 0.05) is 88.3 Å². The lowest BCUT2D eigenvalue weighted by atomic mass is 9.81. The molecule has 9 heterocycles. The molecule has 0 nitrogen and oxygen atoms in total. The van der Waals surface area contributed by atoms with Crippen LogP contribution in [0.2, 0.25) is 0 Å². The van der Waals surface area contributed by atoms with Crippen molar-refractivity contribution >= 4 is 124 Å². The maximum Gasteiger partial charge on any atom is 0.0769 e. The Labute approximate surface area is 502 Å². The lowest BCUT2D eigenvalue weighted by molar-refractivity contribution is 0.603. The summed E-state index contributed by atoms with van der Waals surface area (Å²) in [6, 6.07) is 57.8. The summed E-state index contributed by atoms with van der Waals surface area (Å²) in [5.74, 6) is 0. The van der Waals surface area contributed by atoms with Crippen molar-refractivity contribution in [3.63, 3.8) is 0 Å². The molecule has 0 radical (unpaired) electrons. The van der Waals surface area contributed by atoms with Gasteiger partial charge >= 0.3 is 0 Å². The summed E-state index contributed by atoms with van der Waals surface area (Å²) in [4.78, 5) is 23.2. The summed E-state index contributed by atoms with van der Waals surface area (Å²) in [6.07, 6.45) is 0.913. The molecule has 0 N–H and O–H groups in total. The molecule has 0 amide bonds. The Morgan fingerprint density at radius 1 is 0.304 bits per heavy atom. The van der Waals surface area contributed by atoms with E-state index in [1.807, 2.05) is 90.7 Å². The Hall–Kier alpha value is -4.65. The molecular weight excluding hydrogens is 1130 g/mol. The van der Waals surface area contributed by atoms with Crippen molar-refractivity contribution in [2.45, 2.75) is 121 Å². The Morgan fingerprint density at radius 3 is 1.01 bits per heavy atom. The standard InChI is InChI=1S/C70H62S9/c1-66(2,3)58-29-25-53(75-58)49-21-17-45(71-49)40-33-38-13-15-43(47-19-23-51(73-47)55-27-31-60(77-55)68(7,8)9)64-62(38)42(35-40)37-70(64)65-44(48-20-24-52(74-48)56-28-32-61(78-56)69(10,11)12)16-14-39-34-41(36-57(79-70)63(39)65)46-18-22-50(72-46)54-26-30-59(76-54)67(4,5)6/h13-36H,37H2,1-12H3/t70-/m1/s1. The summed E-state index contributed by atoms with van der Waals surface area (Å²) in [5.41, 5.74) is 10.3. The summed E-state index contributed by atoms with van der Waals surface area (Å²) >= 11 is 17.7. The van der Waals surface area contributed by atoms with Gasteiger partial charge in [0.05, 0.1) is 4.75 Å². The van der Waals surface area contributed by atoms with E-state index < -0.39 is 0 Å². The van der Waals surface area contributed by atoms with Crippen LogP contribution in [0, 0.1) is 0 Å². The average molecular weight is 1190 g/mol. The summed E-state index contributed by atoms with van der Waals surface area (Å²) in [5, 5.41) is 5.51. The summed E-state index contributed by atoms with van der Waals surface area (Å²) < 4.78 is -0.382. The van der Waals surface area contributed by atoms with Crippen LogP contribution in [0.25, 0.3) is 102 Å². The minimum Gasteiger partial charge on any atom is -0.139 e. The summed E-state index contributed by atoms with van der Waals surface area (Å²) in [6.45, 7) is 27.9. The second kappa shape index (κ2) is 18.7. The van der Waals surface area contributed by atoms with E-state index in [0.29, 0.717) is 0 Å². The molecule has 12 aromatic rings. The van der Waals surface area contributed by atoms with Gasteiger partial charge in [-0.3, -0.25) is 0 Å². The number of benzene rings is 4. The van der Waals surface area contributed by atoms with Crippen molar-refractivity contribution in [3.05, 3.63) is 182 Å². The highest BCUT2D eigenvalue weighted by atomic mass is 32.2. The second-order valence-corrected chi connectivity index (χ2v) is 35.7. The molecule has 1 aliphatic carbocycles. The number of hydrogen-bond acceptors (Lipinski definition) is 9. The van der Waals surface area contributed by atoms with Gasteiger partial charge in [-0.05, 0) is 205 Å². The van der Waals surface area contributed by atoms with Crippen molar-refractivity contribution in [3.8, 4) is 80.8 Å². The van der Waals surface area contributed by atoms with Crippen LogP contribution in [-0.2, 0) is 32.8 Å². The maximum atomic E-state index is 2.58. The zero-order valence-corrected chi connectivity index (χ0v) is 54.1. The molecule has 9 heteroatoms. The smallest absolute Gasteiger partial charge is 0.0769 e. The van der Waals surface area contributed by atoms with Gasteiger partial charge in [0.25, 0.3) is 0 Å². The molecule has 8 aromatic heterocycles. The van der Waals surface area contributed by atoms with Gasteiger partial charge in [0.15, 0.2) is 0 Å². The first-order valence-electron chi connectivity index (χ1n) is 27.3. The van der Waals surface area contributed by atoms with Crippen molar-refractivity contribution < 1.29 is 0 Å². The molecule has 0 saturated carbocycles. The monoisotopic (exact) mass is 1190 g/mol. The lowest BCUT2D eigenvalue weighted by Gasteiger charge is -2.30. The Bertz CT molecular complexity index is 4090. The SMILES string of the molecule is CC(C)(C)c1ccc(-c2ccc(-c3cc4c5c(c(-c6ccc(-c7ccc(C(C)(C)C)s7)s6)ccc5c3)[C@@]3(C4)Sc4cc(-c5ccc(-c6ccc(C(C)(C)C)s6)s5)cc5ccc(-c6ccc(-c7ccc(C(C)(C)C)s7)s6)c3c45)s2)s1. The second-order valence-electron chi connectivity index (χ2n) is 25.7. The largest absolute Gasteiger partial charge is 0.139 e. The molecule has 2 aliphatic rings. The first kappa shape index (κ1) is 52.4. The molecule has 1 spiro atoms. The van der Waals surface area contributed by atoms with Gasteiger partial charge in [-0.2, -0.15) is 0 Å². The van der Waals surface area contributed by atoms with Crippen LogP contribution in [0.1, 0.15) is 119 Å². The molecule has 0 saturated heterocycles. The Kier molecular flexibility index (Phi) is 12.4. The zero-order valence-electron chi connectivity index (χ0n) is 46.7. The van der Waals surface area contributed by atoms with Crippen LogP contribution in [0.15, 0.2) is 150 Å². The fourth-order valence-electron chi connectivity index (χ4n) is 11.6. The van der Waals surface area contributed by atoms with Gasteiger partial charge < -0.3 is 0 Å². The van der Waals surface area contributed by atoms with Crippen LogP contribution in [-0.4, -0.2) is 0 Å². The minimum absolute atomic E-state index is 0.112. The fourth-order valence-corrected chi connectivity index (χ4v) is 22.0. The summed E-state index contributed by atoms with van der Waals surface area (Å²) in [7, 11) is 0.